The van der Waals surface area contributed by atoms with Crippen molar-refractivity contribution in [3.63, 3.8) is 0 Å². The normalized spacial score (nSPS) is 15.2. The van der Waals surface area contributed by atoms with Gasteiger partial charge in [0.1, 0.15) is 16.3 Å². The summed E-state index contributed by atoms with van der Waals surface area (Å²) in [5.74, 6) is 0. The number of nitrogens with zero attached hydrogens (tertiary/aromatic N) is 3. The van der Waals surface area contributed by atoms with Crippen molar-refractivity contribution in [2.24, 2.45) is 0 Å². The largest absolute Gasteiger partial charge is 0.370 e. The number of nitriles is 1. The van der Waals surface area contributed by atoms with Gasteiger partial charge in [0.2, 0.25) is 0 Å². The van der Waals surface area contributed by atoms with E-state index >= 15 is 0 Å². The van der Waals surface area contributed by atoms with Crippen LogP contribution in [0, 0.1) is 16.0 Å². The van der Waals surface area contributed by atoms with Gasteiger partial charge in [0.25, 0.3) is 0 Å². The molecule has 1 N–H and O–H groups in total. The third kappa shape index (κ3) is 2.97. The minimum absolute atomic E-state index is 0.518. The Bertz CT molecular complexity index is 732. The zero-order valence-corrected chi connectivity index (χ0v) is 13.1. The van der Waals surface area contributed by atoms with Gasteiger partial charge in [-0.3, -0.25) is 0 Å². The quantitative estimate of drug-likeness (QED) is 0.864. The van der Waals surface area contributed by atoms with Gasteiger partial charge < -0.3 is 14.8 Å². The number of benzene rings is 1. The van der Waals surface area contributed by atoms with Gasteiger partial charge in [-0.1, -0.05) is 30.4 Å². The van der Waals surface area contributed by atoms with E-state index in [1.807, 2.05) is 18.3 Å². The fraction of sp³-hybridized carbons (Fsp3) is 0.294. The van der Waals surface area contributed by atoms with E-state index in [9.17, 15) is 5.26 Å². The molecule has 0 aliphatic carbocycles. The van der Waals surface area contributed by atoms with Crippen LogP contribution < -0.4 is 9.80 Å². The van der Waals surface area contributed by atoms with E-state index in [4.69, 9.17) is 12.2 Å². The van der Waals surface area contributed by atoms with Crippen molar-refractivity contribution in [2.75, 3.05) is 36.0 Å². The maximum absolute atomic E-state index is 9.36. The van der Waals surface area contributed by atoms with Crippen LogP contribution in [0.5, 0.6) is 0 Å². The average Bonchev–Trinajstić information content (AvgIpc) is 2.81. The van der Waals surface area contributed by atoms with E-state index in [2.05, 4.69) is 45.1 Å². The van der Waals surface area contributed by atoms with Gasteiger partial charge >= 0.3 is 0 Å². The van der Waals surface area contributed by atoms with Gasteiger partial charge in [0.15, 0.2) is 0 Å². The van der Waals surface area contributed by atoms with Crippen LogP contribution in [-0.4, -0.2) is 31.2 Å². The SMILES string of the molecule is N#Cc1c(N2CCCN(c3ccccc3)CC2)cc[nH]c1=S. The number of H-pyrrole nitrogens is 1. The number of nitrogens with one attached hydrogen (secondary N) is 1. The fourth-order valence-corrected chi connectivity index (χ4v) is 3.11. The second-order valence-corrected chi connectivity index (χ2v) is 5.75. The number of hydrogen-bond acceptors (Lipinski definition) is 4. The summed E-state index contributed by atoms with van der Waals surface area (Å²) in [4.78, 5) is 7.60. The van der Waals surface area contributed by atoms with Crippen molar-refractivity contribution in [2.45, 2.75) is 6.42 Å². The molecule has 0 spiro atoms. The van der Waals surface area contributed by atoms with Crippen LogP contribution in [0.15, 0.2) is 42.6 Å². The molecule has 0 saturated carbocycles. The number of para-hydroxylation sites is 1. The molecule has 2 aromatic rings. The molecular formula is C17H18N4S. The van der Waals surface area contributed by atoms with E-state index in [0.717, 1.165) is 38.3 Å². The number of rotatable bonds is 2. The van der Waals surface area contributed by atoms with Crippen molar-refractivity contribution >= 4 is 23.6 Å². The van der Waals surface area contributed by atoms with E-state index < -0.39 is 0 Å². The van der Waals surface area contributed by atoms with Crippen molar-refractivity contribution in [1.29, 1.82) is 5.26 Å². The Labute approximate surface area is 135 Å². The Kier molecular flexibility index (Phi) is 4.40. The predicted octanol–water partition coefficient (Wildman–Crippen LogP) is 3.33. The maximum atomic E-state index is 9.36. The third-order valence-electron chi connectivity index (χ3n) is 4.01. The number of hydrogen-bond donors (Lipinski definition) is 1. The van der Waals surface area contributed by atoms with E-state index in [-0.39, 0.29) is 0 Å². The second-order valence-electron chi connectivity index (χ2n) is 5.34. The van der Waals surface area contributed by atoms with E-state index in [1.54, 1.807) is 0 Å². The molecule has 4 nitrogen and oxygen atoms in total. The van der Waals surface area contributed by atoms with Crippen LogP contribution in [0.25, 0.3) is 0 Å². The predicted molar refractivity (Wildman–Crippen MR) is 91.8 cm³/mol. The van der Waals surface area contributed by atoms with E-state index in [1.165, 1.54) is 5.69 Å². The van der Waals surface area contributed by atoms with Crippen LogP contribution in [0.1, 0.15) is 12.0 Å². The summed E-state index contributed by atoms with van der Waals surface area (Å²) in [5, 5.41) is 9.36. The lowest BCUT2D eigenvalue weighted by Gasteiger charge is -2.25. The molecular weight excluding hydrogens is 292 g/mol. The lowest BCUT2D eigenvalue weighted by atomic mass is 10.2. The molecule has 0 unspecified atom stereocenters. The molecule has 1 fully saturated rings. The molecule has 112 valence electrons. The number of aromatic amines is 1. The summed E-state index contributed by atoms with van der Waals surface area (Å²) >= 11 is 5.23. The summed E-state index contributed by atoms with van der Waals surface area (Å²) in [6, 6.07) is 14.7. The monoisotopic (exact) mass is 310 g/mol. The molecule has 0 radical (unpaired) electrons. The Hall–Kier alpha value is -2.32. The highest BCUT2D eigenvalue weighted by molar-refractivity contribution is 7.71. The number of pyridine rings is 1. The van der Waals surface area contributed by atoms with Gasteiger partial charge in [-0.15, -0.1) is 0 Å². The number of anilines is 2. The standard InChI is InChI=1S/C17H18N4S/c18-13-15-16(7-8-19-17(15)22)21-10-4-9-20(11-12-21)14-5-2-1-3-6-14/h1-3,5-8H,4,9-12H2,(H,19,22). The van der Waals surface area contributed by atoms with Gasteiger partial charge in [-0.05, 0) is 24.6 Å². The first kappa shape index (κ1) is 14.6. The molecule has 1 saturated heterocycles. The summed E-state index contributed by atoms with van der Waals surface area (Å²) in [7, 11) is 0. The van der Waals surface area contributed by atoms with Gasteiger partial charge in [0, 0.05) is 38.1 Å². The highest BCUT2D eigenvalue weighted by Crippen LogP contribution is 2.23. The van der Waals surface area contributed by atoms with Crippen LogP contribution in [-0.2, 0) is 0 Å². The Morgan fingerprint density at radius 2 is 1.73 bits per heavy atom. The first-order chi connectivity index (χ1) is 10.8. The maximum Gasteiger partial charge on any atom is 0.123 e. The van der Waals surface area contributed by atoms with Crippen molar-refractivity contribution < 1.29 is 0 Å². The topological polar surface area (TPSA) is 46.1 Å². The first-order valence-corrected chi connectivity index (χ1v) is 7.87. The van der Waals surface area contributed by atoms with Crippen molar-refractivity contribution in [3.8, 4) is 6.07 Å². The van der Waals surface area contributed by atoms with Crippen LogP contribution in [0.4, 0.5) is 11.4 Å². The molecule has 3 rings (SSSR count). The minimum Gasteiger partial charge on any atom is -0.370 e. The molecule has 1 aromatic carbocycles. The van der Waals surface area contributed by atoms with Gasteiger partial charge in [-0.25, -0.2) is 0 Å². The highest BCUT2D eigenvalue weighted by atomic mass is 32.1. The molecule has 1 aliphatic rings. The Balaban J connectivity index is 1.81. The average molecular weight is 310 g/mol. The second kappa shape index (κ2) is 6.63. The molecule has 0 amide bonds. The molecule has 1 aromatic heterocycles. The van der Waals surface area contributed by atoms with E-state index in [0.29, 0.717) is 10.2 Å². The summed E-state index contributed by atoms with van der Waals surface area (Å²) in [6.45, 7) is 3.81. The number of aromatic nitrogens is 1. The molecule has 5 heteroatoms. The molecule has 22 heavy (non-hydrogen) atoms. The minimum atomic E-state index is 0.518. The smallest absolute Gasteiger partial charge is 0.123 e. The summed E-state index contributed by atoms with van der Waals surface area (Å²) in [5.41, 5.74) is 2.78. The van der Waals surface area contributed by atoms with Crippen LogP contribution in [0.3, 0.4) is 0 Å². The molecule has 1 aliphatic heterocycles. The molecule has 0 bridgehead atoms. The summed E-state index contributed by atoms with van der Waals surface area (Å²) in [6.07, 6.45) is 2.88. The lowest BCUT2D eigenvalue weighted by molar-refractivity contribution is 0.805. The fourth-order valence-electron chi connectivity index (χ4n) is 2.90. The van der Waals surface area contributed by atoms with Crippen molar-refractivity contribution in [1.82, 2.24) is 4.98 Å². The zero-order chi connectivity index (χ0) is 15.4. The molecule has 0 atom stereocenters. The lowest BCUT2D eigenvalue weighted by Crippen LogP contribution is -2.31. The highest BCUT2D eigenvalue weighted by Gasteiger charge is 2.18. The van der Waals surface area contributed by atoms with Gasteiger partial charge in [0.05, 0.1) is 5.69 Å². The van der Waals surface area contributed by atoms with Crippen LogP contribution >= 0.6 is 12.2 Å². The summed E-state index contributed by atoms with van der Waals surface area (Å²) < 4.78 is 0.518. The Morgan fingerprint density at radius 1 is 1.00 bits per heavy atom. The zero-order valence-electron chi connectivity index (χ0n) is 12.3. The Morgan fingerprint density at radius 3 is 2.50 bits per heavy atom. The van der Waals surface area contributed by atoms with Gasteiger partial charge in [-0.2, -0.15) is 5.26 Å². The first-order valence-electron chi connectivity index (χ1n) is 7.46. The third-order valence-corrected chi connectivity index (χ3v) is 4.33. The molecule has 2 heterocycles. The van der Waals surface area contributed by atoms with Crippen LogP contribution in [0.2, 0.25) is 0 Å². The van der Waals surface area contributed by atoms with Crippen molar-refractivity contribution in [3.05, 3.63) is 52.8 Å².